The summed E-state index contributed by atoms with van der Waals surface area (Å²) in [6.45, 7) is 10.2. The molecule has 0 saturated carbocycles. The van der Waals surface area contributed by atoms with Gasteiger partial charge < -0.3 is 9.47 Å². The first-order valence-electron chi connectivity index (χ1n) is 7.52. The number of carbonyl (C=O) groups excluding carboxylic acids is 1. The molecular formula is C17H28O3. The lowest BCUT2D eigenvalue weighted by Crippen LogP contribution is -2.44. The highest BCUT2D eigenvalue weighted by Crippen LogP contribution is 2.47. The maximum Gasteiger partial charge on any atom is 0.316 e. The lowest BCUT2D eigenvalue weighted by atomic mass is 9.63. The lowest BCUT2D eigenvalue weighted by Gasteiger charge is -2.42. The molecule has 1 rings (SSSR count). The van der Waals surface area contributed by atoms with Crippen LogP contribution in [0, 0.1) is 11.3 Å². The van der Waals surface area contributed by atoms with Crippen molar-refractivity contribution in [1.82, 2.24) is 0 Å². The molecule has 0 radical (unpaired) electrons. The molecule has 0 aromatic heterocycles. The van der Waals surface area contributed by atoms with Crippen molar-refractivity contribution < 1.29 is 14.3 Å². The maximum absolute atomic E-state index is 12.6. The van der Waals surface area contributed by atoms with Gasteiger partial charge >= 0.3 is 5.97 Å². The van der Waals surface area contributed by atoms with Crippen LogP contribution in [-0.4, -0.2) is 25.8 Å². The summed E-state index contributed by atoms with van der Waals surface area (Å²) in [5.41, 5.74) is 0.597. The summed E-state index contributed by atoms with van der Waals surface area (Å²) in [5, 5.41) is 0. The second-order valence-electron chi connectivity index (χ2n) is 5.63. The minimum absolute atomic E-state index is 0.0835. The number of ether oxygens (including phenoxy) is 2. The number of hydrogen-bond acceptors (Lipinski definition) is 3. The fraction of sp³-hybridized carbons (Fsp3) is 0.706. The fourth-order valence-electron chi connectivity index (χ4n) is 3.29. The van der Waals surface area contributed by atoms with Crippen LogP contribution in [0.4, 0.5) is 0 Å². The lowest BCUT2D eigenvalue weighted by molar-refractivity contribution is -0.157. The van der Waals surface area contributed by atoms with Crippen molar-refractivity contribution in [2.24, 2.45) is 11.3 Å². The van der Waals surface area contributed by atoms with E-state index in [0.29, 0.717) is 6.61 Å². The van der Waals surface area contributed by atoms with Gasteiger partial charge in [-0.05, 0) is 45.4 Å². The van der Waals surface area contributed by atoms with Gasteiger partial charge in [-0.3, -0.25) is 4.79 Å². The van der Waals surface area contributed by atoms with Crippen molar-refractivity contribution in [2.75, 3.05) is 13.7 Å². The van der Waals surface area contributed by atoms with Gasteiger partial charge in [0.2, 0.25) is 0 Å². The van der Waals surface area contributed by atoms with Gasteiger partial charge in [-0.1, -0.05) is 24.6 Å². The van der Waals surface area contributed by atoms with Crippen LogP contribution >= 0.6 is 0 Å². The predicted molar refractivity (Wildman–Crippen MR) is 81.4 cm³/mol. The summed E-state index contributed by atoms with van der Waals surface area (Å²) in [6.07, 6.45) is 7.66. The molecule has 0 amide bonds. The summed E-state index contributed by atoms with van der Waals surface area (Å²) in [7, 11) is 1.72. The highest BCUT2D eigenvalue weighted by molar-refractivity contribution is 5.81. The number of methoxy groups -OCH3 is 1. The monoisotopic (exact) mass is 280 g/mol. The number of allylic oxidation sites excluding steroid dienone is 1. The zero-order valence-electron chi connectivity index (χ0n) is 13.3. The first kappa shape index (κ1) is 17.0. The maximum atomic E-state index is 12.6. The Kier molecular flexibility index (Phi) is 6.47. The summed E-state index contributed by atoms with van der Waals surface area (Å²) in [4.78, 5) is 12.6. The molecule has 3 nitrogen and oxygen atoms in total. The average Bonchev–Trinajstić information content (AvgIpc) is 2.42. The molecular weight excluding hydrogens is 252 g/mol. The Morgan fingerprint density at radius 1 is 1.60 bits per heavy atom. The Labute approximate surface area is 123 Å². The van der Waals surface area contributed by atoms with Crippen molar-refractivity contribution >= 4 is 5.97 Å². The normalized spacial score (nSPS) is 29.7. The molecule has 0 aromatic rings. The fourth-order valence-corrected chi connectivity index (χ4v) is 3.29. The van der Waals surface area contributed by atoms with Gasteiger partial charge in [-0.25, -0.2) is 0 Å². The van der Waals surface area contributed by atoms with Gasteiger partial charge in [0.05, 0.1) is 18.1 Å². The van der Waals surface area contributed by atoms with Gasteiger partial charge in [-0.15, -0.1) is 6.58 Å². The largest absolute Gasteiger partial charge is 0.465 e. The van der Waals surface area contributed by atoms with Crippen molar-refractivity contribution in [1.29, 1.82) is 0 Å². The molecule has 20 heavy (non-hydrogen) atoms. The minimum atomic E-state index is -0.492. The van der Waals surface area contributed by atoms with E-state index in [4.69, 9.17) is 9.47 Å². The number of hydrogen-bond donors (Lipinski definition) is 0. The second kappa shape index (κ2) is 7.63. The van der Waals surface area contributed by atoms with Gasteiger partial charge in [0.25, 0.3) is 0 Å². The van der Waals surface area contributed by atoms with E-state index in [1.165, 1.54) is 0 Å². The molecule has 0 aliphatic heterocycles. The number of carbonyl (C=O) groups is 1. The van der Waals surface area contributed by atoms with Gasteiger partial charge in [-0.2, -0.15) is 0 Å². The highest BCUT2D eigenvalue weighted by atomic mass is 16.5. The smallest absolute Gasteiger partial charge is 0.316 e. The molecule has 1 aliphatic rings. The van der Waals surface area contributed by atoms with E-state index in [0.717, 1.165) is 31.3 Å². The summed E-state index contributed by atoms with van der Waals surface area (Å²) < 4.78 is 10.8. The molecule has 0 heterocycles. The van der Waals surface area contributed by atoms with Crippen LogP contribution in [-0.2, 0) is 14.3 Å². The van der Waals surface area contributed by atoms with Crippen LogP contribution in [0.5, 0.6) is 0 Å². The van der Waals surface area contributed by atoms with Crippen molar-refractivity contribution in [2.45, 2.75) is 52.6 Å². The number of esters is 1. The molecule has 0 N–H and O–H groups in total. The van der Waals surface area contributed by atoms with Crippen molar-refractivity contribution in [3.63, 3.8) is 0 Å². The third-order valence-electron chi connectivity index (χ3n) is 4.49. The third kappa shape index (κ3) is 3.32. The Balaban J connectivity index is 3.07. The summed E-state index contributed by atoms with van der Waals surface area (Å²) in [6, 6.07) is 0. The van der Waals surface area contributed by atoms with Gasteiger partial charge in [0.1, 0.15) is 0 Å². The second-order valence-corrected chi connectivity index (χ2v) is 5.63. The van der Waals surface area contributed by atoms with E-state index in [-0.39, 0.29) is 18.0 Å². The van der Waals surface area contributed by atoms with E-state index >= 15 is 0 Å². The Morgan fingerprint density at radius 2 is 2.30 bits per heavy atom. The topological polar surface area (TPSA) is 35.5 Å². The Morgan fingerprint density at radius 3 is 2.80 bits per heavy atom. The summed E-state index contributed by atoms with van der Waals surface area (Å²) >= 11 is 0. The van der Waals surface area contributed by atoms with Crippen LogP contribution in [0.3, 0.4) is 0 Å². The predicted octanol–water partition coefficient (Wildman–Crippen LogP) is 3.89. The number of unbranched alkanes of at least 4 members (excludes halogenated alkanes) is 1. The summed E-state index contributed by atoms with van der Waals surface area (Å²) in [5.74, 6) is 0.140. The van der Waals surface area contributed by atoms with Crippen molar-refractivity contribution in [3.05, 3.63) is 24.3 Å². The van der Waals surface area contributed by atoms with E-state index in [9.17, 15) is 4.79 Å². The van der Waals surface area contributed by atoms with Gasteiger partial charge in [0.15, 0.2) is 0 Å². The molecule has 0 fully saturated rings. The molecule has 3 atom stereocenters. The third-order valence-corrected chi connectivity index (χ3v) is 4.49. The van der Waals surface area contributed by atoms with Crippen LogP contribution in [0.2, 0.25) is 0 Å². The number of rotatable bonds is 7. The molecule has 3 heteroatoms. The van der Waals surface area contributed by atoms with Crippen LogP contribution in [0.15, 0.2) is 24.3 Å². The van der Waals surface area contributed by atoms with E-state index < -0.39 is 5.41 Å². The minimum Gasteiger partial charge on any atom is -0.465 e. The molecule has 1 aliphatic carbocycles. The molecule has 114 valence electrons. The first-order valence-corrected chi connectivity index (χ1v) is 7.52. The van der Waals surface area contributed by atoms with Crippen molar-refractivity contribution in [3.8, 4) is 0 Å². The zero-order valence-corrected chi connectivity index (χ0v) is 13.3. The van der Waals surface area contributed by atoms with Crippen LogP contribution in [0.1, 0.15) is 46.5 Å². The molecule has 0 spiro atoms. The first-order chi connectivity index (χ1) is 9.52. The highest BCUT2D eigenvalue weighted by Gasteiger charge is 2.48. The van der Waals surface area contributed by atoms with Gasteiger partial charge in [0, 0.05) is 7.11 Å². The molecule has 0 saturated heterocycles. The van der Waals surface area contributed by atoms with E-state index in [1.807, 2.05) is 19.9 Å². The van der Waals surface area contributed by atoms with E-state index in [2.05, 4.69) is 19.6 Å². The van der Waals surface area contributed by atoms with Crippen LogP contribution < -0.4 is 0 Å². The molecule has 3 unspecified atom stereocenters. The Hall–Kier alpha value is -1.09. The molecule has 0 bridgehead atoms. The molecule has 0 aromatic carbocycles. The quantitative estimate of drug-likeness (QED) is 0.403. The SMILES string of the molecule is C=CCCCC1(C(=O)OCC)C(C)=CC(OC)CC1C. The standard InChI is InChI=1S/C17H28O3/c1-6-8-9-10-17(16(18)20-7-2)13(3)11-15(19-5)12-14(17)4/h6,11,14-15H,1,7-10,12H2,2-5H3. The van der Waals surface area contributed by atoms with E-state index in [1.54, 1.807) is 7.11 Å². The zero-order chi connectivity index (χ0) is 15.2. The van der Waals surface area contributed by atoms with Crippen LogP contribution in [0.25, 0.3) is 0 Å². The average molecular weight is 280 g/mol. The Bertz CT molecular complexity index is 372.